The molecule has 0 aliphatic heterocycles. The highest BCUT2D eigenvalue weighted by Gasteiger charge is 2.30. The smallest absolute Gasteiger partial charge is 0.378 e. The van der Waals surface area contributed by atoms with Crippen LogP contribution in [0.4, 0.5) is 18.9 Å². The number of hydroxylamine groups is 1. The number of carbonyl (C=O) groups excluding carboxylic acids is 1. The fraction of sp³-hybridized carbons (Fsp3) is 0.0870. The van der Waals surface area contributed by atoms with Crippen LogP contribution >= 0.6 is 0 Å². The van der Waals surface area contributed by atoms with Gasteiger partial charge in [-0.3, -0.25) is 10.0 Å². The predicted molar refractivity (Wildman–Crippen MR) is 115 cm³/mol. The van der Waals surface area contributed by atoms with E-state index in [1.54, 1.807) is 17.6 Å². The van der Waals surface area contributed by atoms with Crippen LogP contribution in [0.2, 0.25) is 0 Å². The Labute approximate surface area is 186 Å². The number of halogens is 3. The molecule has 0 saturated carbocycles. The highest BCUT2D eigenvalue weighted by atomic mass is 19.4. The summed E-state index contributed by atoms with van der Waals surface area (Å²) in [5, 5.41) is 16.4. The van der Waals surface area contributed by atoms with E-state index in [1.165, 1.54) is 28.9 Å². The third-order valence-corrected chi connectivity index (χ3v) is 4.84. The summed E-state index contributed by atoms with van der Waals surface area (Å²) in [6.07, 6.45) is -4.43. The molecule has 0 aliphatic rings. The summed E-state index contributed by atoms with van der Waals surface area (Å²) < 4.78 is 40.3. The van der Waals surface area contributed by atoms with Gasteiger partial charge in [0.2, 0.25) is 0 Å². The number of carbonyl (C=O) groups is 1. The lowest BCUT2D eigenvalue weighted by Gasteiger charge is -2.10. The summed E-state index contributed by atoms with van der Waals surface area (Å²) in [6.45, 7) is 0.215. The van der Waals surface area contributed by atoms with Gasteiger partial charge < -0.3 is 5.32 Å². The zero-order chi connectivity index (χ0) is 23.4. The molecule has 33 heavy (non-hydrogen) atoms. The highest BCUT2D eigenvalue weighted by molar-refractivity contribution is 5.93. The normalized spacial score (nSPS) is 11.3. The number of hydrogen-bond donors (Lipinski definition) is 3. The van der Waals surface area contributed by atoms with Crippen molar-refractivity contribution >= 4 is 11.6 Å². The average Bonchev–Trinajstić information content (AvgIpc) is 3.27. The van der Waals surface area contributed by atoms with E-state index in [1.807, 2.05) is 30.3 Å². The molecule has 4 aromatic rings. The molecule has 10 heteroatoms. The van der Waals surface area contributed by atoms with Gasteiger partial charge in [-0.05, 0) is 48.5 Å². The third kappa shape index (κ3) is 5.01. The van der Waals surface area contributed by atoms with Crippen molar-refractivity contribution in [3.05, 3.63) is 95.8 Å². The predicted octanol–water partition coefficient (Wildman–Crippen LogP) is 4.68. The molecular formula is C23H18F3N5O2. The van der Waals surface area contributed by atoms with Gasteiger partial charge >= 0.3 is 6.18 Å². The molecule has 0 radical (unpaired) electrons. The first-order valence-electron chi connectivity index (χ1n) is 9.82. The summed E-state index contributed by atoms with van der Waals surface area (Å²) in [7, 11) is 0. The van der Waals surface area contributed by atoms with Gasteiger partial charge in [-0.1, -0.05) is 30.3 Å². The number of hydrogen-bond acceptors (Lipinski definition) is 5. The fourth-order valence-corrected chi connectivity index (χ4v) is 3.15. The Morgan fingerprint density at radius 1 is 0.939 bits per heavy atom. The summed E-state index contributed by atoms with van der Waals surface area (Å²) in [5.74, 6) is 0.282. The maximum atomic E-state index is 13.0. The van der Waals surface area contributed by atoms with E-state index in [0.717, 1.165) is 17.7 Å². The molecule has 0 saturated heterocycles. The van der Waals surface area contributed by atoms with Crippen molar-refractivity contribution < 1.29 is 23.2 Å². The largest absolute Gasteiger partial charge is 0.416 e. The summed E-state index contributed by atoms with van der Waals surface area (Å²) >= 11 is 0. The number of alkyl halides is 3. The van der Waals surface area contributed by atoms with Gasteiger partial charge in [-0.15, -0.1) is 5.10 Å². The average molecular weight is 453 g/mol. The maximum absolute atomic E-state index is 13.0. The Kier molecular flexibility index (Phi) is 6.09. The SMILES string of the molecule is O=C(NO)c1ccc(NCc2nc(-c3ccccc3)nn2-c2ccc(C(F)(F)F)cc2)cc1. The molecule has 0 aliphatic carbocycles. The molecule has 0 atom stereocenters. The van der Waals surface area contributed by atoms with Gasteiger partial charge in [0.25, 0.3) is 5.91 Å². The summed E-state index contributed by atoms with van der Waals surface area (Å²) in [4.78, 5) is 16.0. The molecular weight excluding hydrogens is 435 g/mol. The fourth-order valence-electron chi connectivity index (χ4n) is 3.15. The zero-order valence-electron chi connectivity index (χ0n) is 17.0. The van der Waals surface area contributed by atoms with Gasteiger partial charge in [0.15, 0.2) is 11.6 Å². The van der Waals surface area contributed by atoms with Gasteiger partial charge in [0.1, 0.15) is 0 Å². The molecule has 1 aromatic heterocycles. The van der Waals surface area contributed by atoms with Gasteiger partial charge in [-0.2, -0.15) is 13.2 Å². The Balaban J connectivity index is 1.63. The van der Waals surface area contributed by atoms with Crippen LogP contribution in [-0.4, -0.2) is 25.9 Å². The number of amides is 1. The molecule has 0 bridgehead atoms. The standard InChI is InChI=1S/C23H18F3N5O2/c24-23(25,26)17-8-12-19(13-9-17)31-20(28-21(29-31)15-4-2-1-3-5-15)14-27-18-10-6-16(7-11-18)22(32)30-33/h1-13,27,33H,14H2,(H,30,32). The second-order valence-electron chi connectivity index (χ2n) is 7.05. The van der Waals surface area contributed by atoms with Crippen LogP contribution in [0.15, 0.2) is 78.9 Å². The molecule has 7 nitrogen and oxygen atoms in total. The molecule has 3 aromatic carbocycles. The molecule has 4 rings (SSSR count). The third-order valence-electron chi connectivity index (χ3n) is 4.84. The van der Waals surface area contributed by atoms with Crippen LogP contribution in [0.1, 0.15) is 21.7 Å². The number of nitrogens with one attached hydrogen (secondary N) is 2. The van der Waals surface area contributed by atoms with E-state index < -0.39 is 17.6 Å². The first kappa shape index (κ1) is 22.0. The lowest BCUT2D eigenvalue weighted by Crippen LogP contribution is -2.18. The van der Waals surface area contributed by atoms with E-state index in [-0.39, 0.29) is 12.1 Å². The van der Waals surface area contributed by atoms with Crippen molar-refractivity contribution in [2.75, 3.05) is 5.32 Å². The van der Waals surface area contributed by atoms with E-state index in [9.17, 15) is 18.0 Å². The number of benzene rings is 3. The minimum Gasteiger partial charge on any atom is -0.378 e. The van der Waals surface area contributed by atoms with Crippen molar-refractivity contribution in [2.24, 2.45) is 0 Å². The molecule has 0 spiro atoms. The topological polar surface area (TPSA) is 92.1 Å². The lowest BCUT2D eigenvalue weighted by molar-refractivity contribution is -0.137. The molecule has 0 unspecified atom stereocenters. The second-order valence-corrected chi connectivity index (χ2v) is 7.05. The number of anilines is 1. The van der Waals surface area contributed by atoms with Gasteiger partial charge in [0, 0.05) is 16.8 Å². The van der Waals surface area contributed by atoms with Crippen LogP contribution in [0, 0.1) is 0 Å². The number of nitrogens with zero attached hydrogens (tertiary/aromatic N) is 3. The van der Waals surface area contributed by atoms with Gasteiger partial charge in [0.05, 0.1) is 17.8 Å². The summed E-state index contributed by atoms with van der Waals surface area (Å²) in [6, 6.07) is 20.3. The Morgan fingerprint density at radius 2 is 1.61 bits per heavy atom. The van der Waals surface area contributed by atoms with E-state index >= 15 is 0 Å². The van der Waals surface area contributed by atoms with Crippen molar-refractivity contribution in [1.29, 1.82) is 0 Å². The quantitative estimate of drug-likeness (QED) is 0.291. The van der Waals surface area contributed by atoms with Crippen molar-refractivity contribution in [1.82, 2.24) is 20.2 Å². The minimum absolute atomic E-state index is 0.215. The van der Waals surface area contributed by atoms with Crippen LogP contribution in [-0.2, 0) is 12.7 Å². The van der Waals surface area contributed by atoms with E-state index in [0.29, 0.717) is 23.0 Å². The molecule has 1 amide bonds. The van der Waals surface area contributed by atoms with E-state index in [2.05, 4.69) is 15.4 Å². The lowest BCUT2D eigenvalue weighted by atomic mass is 10.2. The Morgan fingerprint density at radius 3 is 2.21 bits per heavy atom. The van der Waals surface area contributed by atoms with Crippen LogP contribution in [0.5, 0.6) is 0 Å². The summed E-state index contributed by atoms with van der Waals surface area (Å²) in [5.41, 5.74) is 2.97. The highest BCUT2D eigenvalue weighted by Crippen LogP contribution is 2.30. The molecule has 1 heterocycles. The number of rotatable bonds is 6. The maximum Gasteiger partial charge on any atom is 0.416 e. The first-order chi connectivity index (χ1) is 15.8. The monoisotopic (exact) mass is 453 g/mol. The van der Waals surface area contributed by atoms with Crippen LogP contribution < -0.4 is 10.8 Å². The second kappa shape index (κ2) is 9.13. The van der Waals surface area contributed by atoms with Gasteiger partial charge in [-0.25, -0.2) is 15.1 Å². The van der Waals surface area contributed by atoms with Crippen molar-refractivity contribution in [3.63, 3.8) is 0 Å². The van der Waals surface area contributed by atoms with Crippen LogP contribution in [0.25, 0.3) is 17.1 Å². The van der Waals surface area contributed by atoms with E-state index in [4.69, 9.17) is 5.21 Å². The Hall–Kier alpha value is -4.18. The molecule has 168 valence electrons. The Bertz CT molecular complexity index is 1240. The number of aromatic nitrogens is 3. The minimum atomic E-state index is -4.43. The zero-order valence-corrected chi connectivity index (χ0v) is 17.0. The van der Waals surface area contributed by atoms with Crippen LogP contribution in [0.3, 0.4) is 0 Å². The first-order valence-corrected chi connectivity index (χ1v) is 9.82. The molecule has 0 fully saturated rings. The van der Waals surface area contributed by atoms with Crippen molar-refractivity contribution in [3.8, 4) is 17.1 Å². The van der Waals surface area contributed by atoms with Crippen molar-refractivity contribution in [2.45, 2.75) is 12.7 Å². The molecule has 3 N–H and O–H groups in total.